The van der Waals surface area contributed by atoms with E-state index in [1.54, 1.807) is 0 Å². The van der Waals surface area contributed by atoms with Crippen LogP contribution in [0, 0.1) is 0 Å². The van der Waals surface area contributed by atoms with E-state index < -0.39 is 0 Å². The second kappa shape index (κ2) is 14.9. The first-order valence-corrected chi connectivity index (χ1v) is 7.35. The standard InChI is InChI=1S/C12H11N.2CH3NS2.Mn/c1-3-7-11(8-4-1)13-12-9-5-2-6-10-12;2*2-1(3)4;/h1-10,13H;2*(H3,2,3,4);/q;;;+2/p-2. The van der Waals surface area contributed by atoms with Crippen LogP contribution in [0.3, 0.4) is 0 Å². The Hall–Kier alpha value is -1.02. The molecular weight excluding hydrogens is 393 g/mol. The number of nitrogens with two attached hydrogens (primary N) is 2. The van der Waals surface area contributed by atoms with Gasteiger partial charge in [0.15, 0.2) is 0 Å². The van der Waals surface area contributed by atoms with Crippen molar-refractivity contribution in [3.8, 4) is 0 Å². The molecule has 0 atom stereocenters. The van der Waals surface area contributed by atoms with Crippen LogP contribution in [0.2, 0.25) is 0 Å². The monoisotopic (exact) mass is 408 g/mol. The van der Waals surface area contributed by atoms with Gasteiger partial charge in [0.1, 0.15) is 0 Å². The van der Waals surface area contributed by atoms with E-state index in [4.69, 9.17) is 0 Å². The minimum Gasteiger partial charge on any atom is -0.415 e. The molecule has 117 valence electrons. The predicted octanol–water partition coefficient (Wildman–Crippen LogP) is 2.98. The zero-order valence-electron chi connectivity index (χ0n) is 11.4. The fraction of sp³-hybridized carbons (Fsp3) is 0. The van der Waals surface area contributed by atoms with Crippen molar-refractivity contribution < 1.29 is 17.1 Å². The van der Waals surface area contributed by atoms with E-state index in [9.17, 15) is 0 Å². The number of rotatable bonds is 2. The number of thiocarbonyl (C=S) groups is 2. The molecule has 0 unspecified atom stereocenters. The largest absolute Gasteiger partial charge is 2.00 e. The Morgan fingerprint density at radius 1 is 0.727 bits per heavy atom. The van der Waals surface area contributed by atoms with Crippen LogP contribution in [0.15, 0.2) is 60.7 Å². The van der Waals surface area contributed by atoms with E-state index in [1.807, 2.05) is 60.7 Å². The molecule has 0 aliphatic carbocycles. The minimum absolute atomic E-state index is 0. The van der Waals surface area contributed by atoms with Gasteiger partial charge in [0.25, 0.3) is 0 Å². The van der Waals surface area contributed by atoms with Gasteiger partial charge in [0.2, 0.25) is 0 Å². The van der Waals surface area contributed by atoms with Crippen LogP contribution < -0.4 is 16.8 Å². The number of hydrogen-bond acceptors (Lipinski definition) is 5. The van der Waals surface area contributed by atoms with Crippen LogP contribution in [0.1, 0.15) is 0 Å². The molecule has 5 N–H and O–H groups in total. The third-order valence-corrected chi connectivity index (χ3v) is 1.84. The first-order valence-electron chi connectivity index (χ1n) is 5.72. The Morgan fingerprint density at radius 3 is 1.18 bits per heavy atom. The average Bonchev–Trinajstić information content (AvgIpc) is 2.40. The molecule has 0 aliphatic heterocycles. The normalized spacial score (nSPS) is 7.82. The Balaban J connectivity index is 0. The molecule has 2 aromatic rings. The fourth-order valence-electron chi connectivity index (χ4n) is 1.21. The Labute approximate surface area is 163 Å². The van der Waals surface area contributed by atoms with Gasteiger partial charge in [-0.1, -0.05) is 45.0 Å². The molecule has 0 bridgehead atoms. The van der Waals surface area contributed by atoms with Gasteiger partial charge >= 0.3 is 17.1 Å². The van der Waals surface area contributed by atoms with E-state index >= 15 is 0 Å². The van der Waals surface area contributed by atoms with Crippen molar-refractivity contribution in [1.82, 2.24) is 0 Å². The molecule has 1 radical (unpaired) electrons. The van der Waals surface area contributed by atoms with E-state index in [0.717, 1.165) is 11.4 Å². The van der Waals surface area contributed by atoms with Gasteiger partial charge < -0.3 is 66.5 Å². The average molecular weight is 409 g/mol. The molecule has 22 heavy (non-hydrogen) atoms. The van der Waals surface area contributed by atoms with Gasteiger partial charge in [-0.25, -0.2) is 0 Å². The summed E-state index contributed by atoms with van der Waals surface area (Å²) in [5.74, 6) is 0. The summed E-state index contributed by atoms with van der Waals surface area (Å²) in [5, 5.41) is 3.30. The van der Waals surface area contributed by atoms with Gasteiger partial charge in [-0.2, -0.15) is 0 Å². The third kappa shape index (κ3) is 17.0. The molecule has 2 rings (SSSR count). The van der Waals surface area contributed by atoms with Crippen molar-refractivity contribution in [2.24, 2.45) is 11.5 Å². The molecule has 3 nitrogen and oxygen atoms in total. The van der Waals surface area contributed by atoms with Gasteiger partial charge in [0.05, 0.1) is 0 Å². The summed E-state index contributed by atoms with van der Waals surface area (Å²) in [6, 6.07) is 20.3. The summed E-state index contributed by atoms with van der Waals surface area (Å²) in [6.07, 6.45) is 0. The molecule has 0 saturated carbocycles. The molecule has 0 heterocycles. The molecule has 0 saturated heterocycles. The number of anilines is 2. The molecule has 8 heteroatoms. The van der Waals surface area contributed by atoms with Crippen molar-refractivity contribution in [2.75, 3.05) is 5.32 Å². The third-order valence-electron chi connectivity index (χ3n) is 1.84. The summed E-state index contributed by atoms with van der Waals surface area (Å²) in [7, 11) is 0. The zero-order valence-corrected chi connectivity index (χ0v) is 15.9. The maximum atomic E-state index is 4.66. The SMILES string of the molecule is NC(=S)[S-].NC(=S)[S-].[Mn+2].c1ccc(Nc2ccccc2)cc1. The summed E-state index contributed by atoms with van der Waals surface area (Å²) in [5.41, 5.74) is 11.6. The van der Waals surface area contributed by atoms with Crippen molar-refractivity contribution in [1.29, 1.82) is 0 Å². The molecule has 2 aromatic carbocycles. The Morgan fingerprint density at radius 2 is 0.955 bits per heavy atom. The number of nitrogens with one attached hydrogen (secondary N) is 1. The second-order valence-corrected chi connectivity index (χ2v) is 5.77. The molecular formula is C14H15MnN3S4. The topological polar surface area (TPSA) is 64.1 Å². The summed E-state index contributed by atoms with van der Waals surface area (Å²) >= 11 is 16.5. The van der Waals surface area contributed by atoms with E-state index in [1.165, 1.54) is 0 Å². The fourth-order valence-corrected chi connectivity index (χ4v) is 1.21. The van der Waals surface area contributed by atoms with Gasteiger partial charge in [0, 0.05) is 11.4 Å². The Kier molecular flexibility index (Phi) is 15.7. The predicted molar refractivity (Wildman–Crippen MR) is 104 cm³/mol. The van der Waals surface area contributed by atoms with E-state index in [2.05, 4.69) is 66.5 Å². The van der Waals surface area contributed by atoms with Gasteiger partial charge in [-0.3, -0.25) is 0 Å². The quantitative estimate of drug-likeness (QED) is 0.401. The van der Waals surface area contributed by atoms with Crippen LogP contribution in [-0.2, 0) is 42.3 Å². The van der Waals surface area contributed by atoms with Crippen molar-refractivity contribution >= 4 is 69.7 Å². The van der Waals surface area contributed by atoms with Crippen LogP contribution in [0.4, 0.5) is 11.4 Å². The van der Waals surface area contributed by atoms with E-state index in [-0.39, 0.29) is 25.7 Å². The van der Waals surface area contributed by atoms with E-state index in [0.29, 0.717) is 0 Å². The molecule has 0 fully saturated rings. The minimum atomic E-state index is 0. The van der Waals surface area contributed by atoms with Crippen molar-refractivity contribution in [3.05, 3.63) is 60.7 Å². The maximum Gasteiger partial charge on any atom is 2.00 e. The van der Waals surface area contributed by atoms with Crippen LogP contribution >= 0.6 is 24.4 Å². The molecule has 0 aromatic heterocycles. The number of para-hydroxylation sites is 2. The summed E-state index contributed by atoms with van der Waals surface area (Å²) < 4.78 is 0.167. The zero-order chi connectivity index (χ0) is 16.1. The van der Waals surface area contributed by atoms with Gasteiger partial charge in [-0.15, -0.1) is 0 Å². The first kappa shape index (κ1) is 23.2. The summed E-state index contributed by atoms with van der Waals surface area (Å²) in [4.78, 5) is 0. The smallest absolute Gasteiger partial charge is 0.415 e. The number of benzene rings is 2. The van der Waals surface area contributed by atoms with Gasteiger partial charge in [-0.05, 0) is 24.3 Å². The second-order valence-electron chi connectivity index (χ2n) is 3.50. The molecule has 0 amide bonds. The van der Waals surface area contributed by atoms with Crippen molar-refractivity contribution in [3.63, 3.8) is 0 Å². The Bertz CT molecular complexity index is 481. The number of hydrogen-bond donors (Lipinski definition) is 3. The first-order chi connectivity index (χ1) is 9.91. The summed E-state index contributed by atoms with van der Waals surface area (Å²) in [6.45, 7) is 0. The van der Waals surface area contributed by atoms with Crippen LogP contribution in [0.5, 0.6) is 0 Å². The van der Waals surface area contributed by atoms with Crippen molar-refractivity contribution in [2.45, 2.75) is 0 Å². The molecule has 0 aliphatic rings. The molecule has 0 spiro atoms. The van der Waals surface area contributed by atoms with Crippen LogP contribution in [0.25, 0.3) is 0 Å². The van der Waals surface area contributed by atoms with Crippen LogP contribution in [-0.4, -0.2) is 8.64 Å². The maximum absolute atomic E-state index is 4.66.